The zero-order chi connectivity index (χ0) is 16.0. The third-order valence-corrected chi connectivity index (χ3v) is 6.00. The molecule has 0 saturated carbocycles. The summed E-state index contributed by atoms with van der Waals surface area (Å²) in [4.78, 5) is 16.7. The van der Waals surface area contributed by atoms with Gasteiger partial charge in [-0.25, -0.2) is 4.39 Å². The van der Waals surface area contributed by atoms with Crippen molar-refractivity contribution in [3.05, 3.63) is 45.9 Å². The van der Waals surface area contributed by atoms with Gasteiger partial charge >= 0.3 is 0 Å². The number of hydrogen-bond acceptors (Lipinski definition) is 3. The Morgan fingerprint density at radius 2 is 1.87 bits per heavy atom. The Morgan fingerprint density at radius 1 is 1.22 bits per heavy atom. The molecule has 1 amide bonds. The zero-order valence-corrected chi connectivity index (χ0v) is 13.8. The lowest BCUT2D eigenvalue weighted by atomic mass is 10.0. The standard InChI is InChI=1S/C18H19FN2OS/c1-11-16(12-2-4-15(19)5-3-12)6-17(23-11)18(22)21-9-13-7-20-8-14(13)10-21/h2-6,13-14,20H,7-10H2,1H3/t13-,14+. The van der Waals surface area contributed by atoms with Crippen molar-refractivity contribution in [3.8, 4) is 11.1 Å². The number of carbonyl (C=O) groups excluding carboxylic acids is 1. The highest BCUT2D eigenvalue weighted by atomic mass is 32.1. The largest absolute Gasteiger partial charge is 0.337 e. The third kappa shape index (κ3) is 2.68. The van der Waals surface area contributed by atoms with Gasteiger partial charge < -0.3 is 10.2 Å². The first-order chi connectivity index (χ1) is 11.1. The monoisotopic (exact) mass is 330 g/mol. The Bertz CT molecular complexity index is 728. The van der Waals surface area contributed by atoms with Crippen molar-refractivity contribution in [1.82, 2.24) is 10.2 Å². The zero-order valence-electron chi connectivity index (χ0n) is 13.0. The fourth-order valence-electron chi connectivity index (χ4n) is 3.68. The van der Waals surface area contributed by atoms with E-state index >= 15 is 0 Å². The number of rotatable bonds is 2. The molecule has 0 radical (unpaired) electrons. The van der Waals surface area contributed by atoms with E-state index in [2.05, 4.69) is 5.32 Å². The van der Waals surface area contributed by atoms with E-state index in [0.29, 0.717) is 11.8 Å². The number of halogens is 1. The summed E-state index contributed by atoms with van der Waals surface area (Å²) in [6.45, 7) is 5.79. The molecule has 2 saturated heterocycles. The third-order valence-electron chi connectivity index (χ3n) is 4.96. The molecule has 2 aliphatic heterocycles. The highest BCUT2D eigenvalue weighted by Crippen LogP contribution is 2.34. The fraction of sp³-hybridized carbons (Fsp3) is 0.389. The second-order valence-electron chi connectivity index (χ2n) is 6.48. The van der Waals surface area contributed by atoms with Crippen LogP contribution in [0.2, 0.25) is 0 Å². The van der Waals surface area contributed by atoms with Gasteiger partial charge in [-0.05, 0) is 48.1 Å². The quantitative estimate of drug-likeness (QED) is 0.917. The van der Waals surface area contributed by atoms with Crippen LogP contribution < -0.4 is 5.32 Å². The number of nitrogens with one attached hydrogen (secondary N) is 1. The lowest BCUT2D eigenvalue weighted by Crippen LogP contribution is -2.31. The summed E-state index contributed by atoms with van der Waals surface area (Å²) >= 11 is 1.54. The Kier molecular flexibility index (Phi) is 3.70. The van der Waals surface area contributed by atoms with Gasteiger partial charge in [0.05, 0.1) is 4.88 Å². The van der Waals surface area contributed by atoms with E-state index < -0.39 is 0 Å². The lowest BCUT2D eigenvalue weighted by Gasteiger charge is -2.16. The normalized spacial score (nSPS) is 23.3. The van der Waals surface area contributed by atoms with Crippen molar-refractivity contribution >= 4 is 17.2 Å². The van der Waals surface area contributed by atoms with Crippen LogP contribution in [-0.2, 0) is 0 Å². The molecule has 1 N–H and O–H groups in total. The van der Waals surface area contributed by atoms with Crippen LogP contribution in [0.3, 0.4) is 0 Å². The highest BCUT2D eigenvalue weighted by molar-refractivity contribution is 7.14. The summed E-state index contributed by atoms with van der Waals surface area (Å²) < 4.78 is 13.1. The molecule has 2 atom stereocenters. The van der Waals surface area contributed by atoms with E-state index in [1.807, 2.05) is 17.9 Å². The predicted molar refractivity (Wildman–Crippen MR) is 90.2 cm³/mol. The number of likely N-dealkylation sites (tertiary alicyclic amines) is 1. The van der Waals surface area contributed by atoms with E-state index in [0.717, 1.165) is 47.1 Å². The number of carbonyl (C=O) groups is 1. The second kappa shape index (κ2) is 5.73. The number of aryl methyl sites for hydroxylation is 1. The summed E-state index contributed by atoms with van der Waals surface area (Å²) in [7, 11) is 0. The molecule has 0 bridgehead atoms. The topological polar surface area (TPSA) is 32.3 Å². The Morgan fingerprint density at radius 3 is 2.52 bits per heavy atom. The molecule has 1 aromatic heterocycles. The molecule has 0 aliphatic carbocycles. The molecule has 0 spiro atoms. The molecular formula is C18H19FN2OS. The van der Waals surface area contributed by atoms with Gasteiger partial charge in [0.1, 0.15) is 5.82 Å². The molecule has 23 heavy (non-hydrogen) atoms. The van der Waals surface area contributed by atoms with Gasteiger partial charge in [0.15, 0.2) is 0 Å². The second-order valence-corrected chi connectivity index (χ2v) is 7.73. The van der Waals surface area contributed by atoms with Crippen LogP contribution in [0.15, 0.2) is 30.3 Å². The summed E-state index contributed by atoms with van der Waals surface area (Å²) in [5, 5.41) is 3.40. The van der Waals surface area contributed by atoms with Gasteiger partial charge in [0, 0.05) is 31.1 Å². The summed E-state index contributed by atoms with van der Waals surface area (Å²) in [6.07, 6.45) is 0. The first kappa shape index (κ1) is 14.8. The van der Waals surface area contributed by atoms with Crippen LogP contribution in [0.25, 0.3) is 11.1 Å². The van der Waals surface area contributed by atoms with Crippen LogP contribution in [0, 0.1) is 24.6 Å². The van der Waals surface area contributed by atoms with E-state index in [4.69, 9.17) is 0 Å². The van der Waals surface area contributed by atoms with Crippen LogP contribution in [0.4, 0.5) is 4.39 Å². The number of hydrogen-bond donors (Lipinski definition) is 1. The van der Waals surface area contributed by atoms with Crippen molar-refractivity contribution in [2.45, 2.75) is 6.92 Å². The van der Waals surface area contributed by atoms with Gasteiger partial charge in [-0.3, -0.25) is 4.79 Å². The molecule has 2 fully saturated rings. The fourth-order valence-corrected chi connectivity index (χ4v) is 4.69. The van der Waals surface area contributed by atoms with Gasteiger partial charge in [-0.2, -0.15) is 0 Å². The maximum absolute atomic E-state index is 13.1. The van der Waals surface area contributed by atoms with E-state index in [-0.39, 0.29) is 11.7 Å². The van der Waals surface area contributed by atoms with E-state index in [1.54, 1.807) is 12.1 Å². The average Bonchev–Trinajstić information content (AvgIpc) is 3.21. The first-order valence-electron chi connectivity index (χ1n) is 7.98. The van der Waals surface area contributed by atoms with Gasteiger partial charge in [-0.1, -0.05) is 12.1 Å². The molecule has 1 aromatic carbocycles. The lowest BCUT2D eigenvalue weighted by molar-refractivity contribution is 0.0786. The maximum Gasteiger partial charge on any atom is 0.263 e. The van der Waals surface area contributed by atoms with E-state index in [9.17, 15) is 9.18 Å². The predicted octanol–water partition coefficient (Wildman–Crippen LogP) is 3.15. The van der Waals surface area contributed by atoms with Crippen LogP contribution in [0.5, 0.6) is 0 Å². The van der Waals surface area contributed by atoms with E-state index in [1.165, 1.54) is 23.5 Å². The van der Waals surface area contributed by atoms with Crippen molar-refractivity contribution in [1.29, 1.82) is 0 Å². The number of nitrogens with zero attached hydrogens (tertiary/aromatic N) is 1. The average molecular weight is 330 g/mol. The maximum atomic E-state index is 13.1. The minimum Gasteiger partial charge on any atom is -0.337 e. The molecule has 3 nitrogen and oxygen atoms in total. The minimum absolute atomic E-state index is 0.140. The van der Waals surface area contributed by atoms with Crippen molar-refractivity contribution < 1.29 is 9.18 Å². The molecule has 3 heterocycles. The number of amides is 1. The Balaban J connectivity index is 1.57. The Labute approximate surface area is 139 Å². The first-order valence-corrected chi connectivity index (χ1v) is 8.80. The molecule has 4 rings (SSSR count). The Hall–Kier alpha value is -1.72. The molecular weight excluding hydrogens is 311 g/mol. The van der Waals surface area contributed by atoms with Crippen LogP contribution >= 0.6 is 11.3 Å². The van der Waals surface area contributed by atoms with Crippen LogP contribution in [-0.4, -0.2) is 37.0 Å². The van der Waals surface area contributed by atoms with Gasteiger partial charge in [0.2, 0.25) is 0 Å². The van der Waals surface area contributed by atoms with Crippen LogP contribution in [0.1, 0.15) is 14.5 Å². The molecule has 2 aromatic rings. The van der Waals surface area contributed by atoms with Gasteiger partial charge in [-0.15, -0.1) is 11.3 Å². The summed E-state index contributed by atoms with van der Waals surface area (Å²) in [6, 6.07) is 8.42. The SMILES string of the molecule is Cc1sc(C(=O)N2C[C@H]3CNC[C@H]3C2)cc1-c1ccc(F)cc1. The molecule has 120 valence electrons. The van der Waals surface area contributed by atoms with Crippen molar-refractivity contribution in [2.24, 2.45) is 11.8 Å². The number of benzene rings is 1. The number of thiophene rings is 1. The summed E-state index contributed by atoms with van der Waals surface area (Å²) in [5.41, 5.74) is 1.99. The number of fused-ring (bicyclic) bond motifs is 1. The minimum atomic E-state index is -0.241. The van der Waals surface area contributed by atoms with Crippen molar-refractivity contribution in [3.63, 3.8) is 0 Å². The molecule has 2 aliphatic rings. The van der Waals surface area contributed by atoms with Gasteiger partial charge in [0.25, 0.3) is 5.91 Å². The molecule has 0 unspecified atom stereocenters. The summed E-state index contributed by atoms with van der Waals surface area (Å²) in [5.74, 6) is 1.11. The highest BCUT2D eigenvalue weighted by Gasteiger charge is 2.38. The smallest absolute Gasteiger partial charge is 0.263 e. The van der Waals surface area contributed by atoms with Crippen molar-refractivity contribution in [2.75, 3.05) is 26.2 Å². The molecule has 5 heteroatoms.